The third-order valence-corrected chi connectivity index (χ3v) is 4.51. The maximum atomic E-state index is 9.67. The van der Waals surface area contributed by atoms with Crippen LogP contribution in [0.2, 0.25) is 0 Å². The van der Waals surface area contributed by atoms with Crippen LogP contribution in [0.1, 0.15) is 18.1 Å². The summed E-state index contributed by atoms with van der Waals surface area (Å²) >= 11 is 0. The van der Waals surface area contributed by atoms with E-state index in [0.29, 0.717) is 12.4 Å². The first-order chi connectivity index (χ1) is 14.6. The molecule has 8 heteroatoms. The van der Waals surface area contributed by atoms with Crippen molar-refractivity contribution in [3.8, 4) is 22.7 Å². The summed E-state index contributed by atoms with van der Waals surface area (Å²) in [4.78, 5) is 17.2. The van der Waals surface area contributed by atoms with Gasteiger partial charge in [0, 0.05) is 16.5 Å². The number of aryl methyl sites for hydroxylation is 1. The number of carbonyl (C=O) groups is 1. The van der Waals surface area contributed by atoms with Crippen molar-refractivity contribution in [1.82, 2.24) is 19.7 Å². The molecule has 30 heavy (non-hydrogen) atoms. The second kappa shape index (κ2) is 9.62. The Morgan fingerprint density at radius 1 is 1.17 bits per heavy atom. The minimum atomic E-state index is -0.250. The summed E-state index contributed by atoms with van der Waals surface area (Å²) in [7, 11) is 0. The summed E-state index contributed by atoms with van der Waals surface area (Å²) in [6, 6.07) is 13.9. The van der Waals surface area contributed by atoms with Gasteiger partial charge in [0.25, 0.3) is 6.47 Å². The minimum absolute atomic E-state index is 0.0772. The number of aromatic nitrogens is 4. The summed E-state index contributed by atoms with van der Waals surface area (Å²) in [5, 5.41) is 21.8. The van der Waals surface area contributed by atoms with Gasteiger partial charge in [-0.1, -0.05) is 6.07 Å². The van der Waals surface area contributed by atoms with Gasteiger partial charge in [-0.3, -0.25) is 4.79 Å². The number of carboxylic acid groups (broad SMARTS) is 1. The number of benzene rings is 2. The van der Waals surface area contributed by atoms with E-state index in [9.17, 15) is 5.11 Å². The van der Waals surface area contributed by atoms with Gasteiger partial charge in [0.15, 0.2) is 0 Å². The number of fused-ring (bicyclic) bond motifs is 1. The zero-order valence-corrected chi connectivity index (χ0v) is 16.7. The van der Waals surface area contributed by atoms with Crippen molar-refractivity contribution in [2.45, 2.75) is 20.5 Å². The van der Waals surface area contributed by atoms with Crippen LogP contribution in [0.5, 0.6) is 5.75 Å². The quantitative estimate of drug-likeness (QED) is 0.489. The Morgan fingerprint density at radius 2 is 1.97 bits per heavy atom. The van der Waals surface area contributed by atoms with Crippen molar-refractivity contribution in [3.05, 3.63) is 66.2 Å². The third kappa shape index (κ3) is 4.44. The zero-order valence-electron chi connectivity index (χ0n) is 16.7. The molecule has 0 bridgehead atoms. The molecule has 0 fully saturated rings. The number of ether oxygens (including phenoxy) is 1. The van der Waals surface area contributed by atoms with Gasteiger partial charge >= 0.3 is 0 Å². The van der Waals surface area contributed by atoms with Crippen LogP contribution < -0.4 is 4.74 Å². The fourth-order valence-electron chi connectivity index (χ4n) is 3.18. The monoisotopic (exact) mass is 406 g/mol. The third-order valence-electron chi connectivity index (χ3n) is 4.51. The van der Waals surface area contributed by atoms with Crippen molar-refractivity contribution in [2.24, 2.45) is 0 Å². The number of hydrogen-bond donors (Lipinski definition) is 2. The molecule has 0 atom stereocenters. The van der Waals surface area contributed by atoms with E-state index in [0.717, 1.165) is 39.0 Å². The summed E-state index contributed by atoms with van der Waals surface area (Å²) < 4.78 is 7.29. The first-order valence-corrected chi connectivity index (χ1v) is 9.32. The molecule has 0 aliphatic heterocycles. The molecular weight excluding hydrogens is 384 g/mol. The Hall–Kier alpha value is -3.78. The highest BCUT2D eigenvalue weighted by molar-refractivity contribution is 5.86. The van der Waals surface area contributed by atoms with Gasteiger partial charge < -0.3 is 14.9 Å². The molecule has 154 valence electrons. The summed E-state index contributed by atoms with van der Waals surface area (Å²) in [5.41, 5.74) is 5.49. The van der Waals surface area contributed by atoms with Crippen molar-refractivity contribution in [3.63, 3.8) is 0 Å². The smallest absolute Gasteiger partial charge is 0.290 e. The largest absolute Gasteiger partial charge is 0.494 e. The Balaban J connectivity index is 0.000000806. The highest BCUT2D eigenvalue weighted by Gasteiger charge is 2.10. The molecule has 0 unspecified atom stereocenters. The Kier molecular flexibility index (Phi) is 6.71. The lowest BCUT2D eigenvalue weighted by atomic mass is 10.0. The van der Waals surface area contributed by atoms with Crippen molar-refractivity contribution in [2.75, 3.05) is 6.61 Å². The van der Waals surface area contributed by atoms with E-state index in [1.165, 1.54) is 6.33 Å². The van der Waals surface area contributed by atoms with Gasteiger partial charge in [0.2, 0.25) is 0 Å². The molecule has 2 heterocycles. The van der Waals surface area contributed by atoms with Gasteiger partial charge in [-0.05, 0) is 55.8 Å². The molecule has 0 spiro atoms. The number of nitrogens with zero attached hydrogens (tertiary/aromatic N) is 4. The van der Waals surface area contributed by atoms with Crippen LogP contribution in [0.4, 0.5) is 0 Å². The molecule has 0 aliphatic rings. The molecule has 0 saturated heterocycles. The van der Waals surface area contributed by atoms with E-state index in [4.69, 9.17) is 19.6 Å². The first kappa shape index (κ1) is 20.9. The molecule has 8 nitrogen and oxygen atoms in total. The normalized spacial score (nSPS) is 10.4. The van der Waals surface area contributed by atoms with Gasteiger partial charge in [-0.15, -0.1) is 0 Å². The van der Waals surface area contributed by atoms with E-state index >= 15 is 0 Å². The average Bonchev–Trinajstić information content (AvgIpc) is 3.29. The summed E-state index contributed by atoms with van der Waals surface area (Å²) in [6.07, 6.45) is 3.17. The number of aliphatic hydroxyl groups is 1. The number of hydrogen-bond acceptors (Lipinski definition) is 6. The van der Waals surface area contributed by atoms with Crippen molar-refractivity contribution in [1.29, 1.82) is 0 Å². The number of aliphatic hydroxyl groups excluding tert-OH is 1. The van der Waals surface area contributed by atoms with Gasteiger partial charge in [-0.2, -0.15) is 5.10 Å². The second-order valence-electron chi connectivity index (χ2n) is 6.38. The Morgan fingerprint density at radius 3 is 2.63 bits per heavy atom. The molecule has 0 radical (unpaired) electrons. The molecule has 4 aromatic rings. The molecule has 2 aromatic heterocycles. The van der Waals surface area contributed by atoms with Crippen LogP contribution >= 0.6 is 0 Å². The predicted octanol–water partition coefficient (Wildman–Crippen LogP) is 3.38. The Labute approximate surface area is 173 Å². The molecular formula is C22H22N4O4. The maximum absolute atomic E-state index is 9.67. The van der Waals surface area contributed by atoms with Crippen LogP contribution in [0.25, 0.3) is 27.8 Å². The lowest BCUT2D eigenvalue weighted by Crippen LogP contribution is -1.98. The second-order valence-corrected chi connectivity index (χ2v) is 6.38. The fraction of sp³-hybridized carbons (Fsp3) is 0.182. The average molecular weight is 406 g/mol. The van der Waals surface area contributed by atoms with Crippen LogP contribution in [0.15, 0.2) is 55.1 Å². The summed E-state index contributed by atoms with van der Waals surface area (Å²) in [5.74, 6) is 0.703. The number of rotatable bonds is 5. The van der Waals surface area contributed by atoms with E-state index < -0.39 is 0 Å². The van der Waals surface area contributed by atoms with Crippen LogP contribution in [-0.2, 0) is 11.4 Å². The molecule has 2 aromatic carbocycles. The van der Waals surface area contributed by atoms with Gasteiger partial charge in [-0.25, -0.2) is 14.6 Å². The highest BCUT2D eigenvalue weighted by Crippen LogP contribution is 2.29. The lowest BCUT2D eigenvalue weighted by molar-refractivity contribution is -0.122. The van der Waals surface area contributed by atoms with Gasteiger partial charge in [0.05, 0.1) is 30.1 Å². The fourth-order valence-corrected chi connectivity index (χ4v) is 3.18. The molecule has 0 amide bonds. The molecule has 0 saturated carbocycles. The van der Waals surface area contributed by atoms with Crippen LogP contribution in [0, 0.1) is 6.92 Å². The highest BCUT2D eigenvalue weighted by atomic mass is 16.5. The summed E-state index contributed by atoms with van der Waals surface area (Å²) in [6.45, 7) is 4.23. The molecule has 2 N–H and O–H groups in total. The standard InChI is InChI=1S/C21H20N4O2.CH2O2/c1-3-27-21-7-4-15(9-16(21)11-26)19-8-14(2)18-6-5-17(10-20(18)24-19)25-13-22-12-23-25;2-1-3/h4-10,12-13,26H,3,11H2,1-2H3;1H,(H,2,3). The van der Waals surface area contributed by atoms with Crippen LogP contribution in [-0.4, -0.2) is 43.0 Å². The Bertz CT molecular complexity index is 1140. The van der Waals surface area contributed by atoms with E-state index in [1.54, 1.807) is 11.0 Å². The van der Waals surface area contributed by atoms with E-state index in [1.807, 2.05) is 37.3 Å². The predicted molar refractivity (Wildman–Crippen MR) is 113 cm³/mol. The van der Waals surface area contributed by atoms with Crippen molar-refractivity contribution < 1.29 is 19.7 Å². The lowest BCUT2D eigenvalue weighted by Gasteiger charge is -2.12. The topological polar surface area (TPSA) is 110 Å². The molecule has 0 aliphatic carbocycles. The SMILES string of the molecule is CCOc1ccc(-c2cc(C)c3ccc(-n4cncn4)cc3n2)cc1CO.O=CO. The molecule has 4 rings (SSSR count). The van der Waals surface area contributed by atoms with Crippen LogP contribution in [0.3, 0.4) is 0 Å². The minimum Gasteiger partial charge on any atom is -0.494 e. The maximum Gasteiger partial charge on any atom is 0.290 e. The van der Waals surface area contributed by atoms with Gasteiger partial charge in [0.1, 0.15) is 18.4 Å². The first-order valence-electron chi connectivity index (χ1n) is 9.32. The number of pyridine rings is 1. The van der Waals surface area contributed by atoms with E-state index in [2.05, 4.69) is 29.1 Å². The zero-order chi connectivity index (χ0) is 21.5. The van der Waals surface area contributed by atoms with E-state index in [-0.39, 0.29) is 13.1 Å². The van der Waals surface area contributed by atoms with Crippen molar-refractivity contribution >= 4 is 17.4 Å².